The molecule has 1 saturated carbocycles. The minimum absolute atomic E-state index is 0.0824. The highest BCUT2D eigenvalue weighted by molar-refractivity contribution is 5.98. The number of benzene rings is 1. The first-order chi connectivity index (χ1) is 7.99. The lowest BCUT2D eigenvalue weighted by atomic mass is 10.2. The summed E-state index contributed by atoms with van der Waals surface area (Å²) in [5.41, 5.74) is 0.896. The van der Waals surface area contributed by atoms with Crippen molar-refractivity contribution in [3.05, 3.63) is 29.6 Å². The van der Waals surface area contributed by atoms with Crippen LogP contribution in [0.25, 0.3) is 0 Å². The molecule has 4 nitrogen and oxygen atoms in total. The molecule has 0 radical (unpaired) electrons. The summed E-state index contributed by atoms with van der Waals surface area (Å²) in [4.78, 5) is 22.1. The predicted molar refractivity (Wildman–Crippen MR) is 56.4 cm³/mol. The quantitative estimate of drug-likeness (QED) is 0.828. The van der Waals surface area contributed by atoms with Crippen LogP contribution in [-0.4, -0.2) is 11.9 Å². The van der Waals surface area contributed by atoms with Gasteiger partial charge in [-0.2, -0.15) is 0 Å². The molecule has 1 N–H and O–H groups in total. The molecule has 90 valence electrons. The largest absolute Gasteiger partial charge is 0.550 e. The summed E-state index contributed by atoms with van der Waals surface area (Å²) in [7, 11) is 0. The second kappa shape index (κ2) is 4.16. The van der Waals surface area contributed by atoms with Crippen LogP contribution in [0.4, 0.5) is 10.1 Å². The van der Waals surface area contributed by atoms with Crippen molar-refractivity contribution in [1.29, 1.82) is 0 Å². The Kier molecular flexibility index (Phi) is 2.83. The van der Waals surface area contributed by atoms with Crippen LogP contribution in [0.3, 0.4) is 0 Å². The van der Waals surface area contributed by atoms with Crippen molar-refractivity contribution >= 4 is 17.6 Å². The zero-order chi connectivity index (χ0) is 12.6. The van der Waals surface area contributed by atoms with E-state index in [0.717, 1.165) is 5.56 Å². The molecular weight excluding hydrogens is 225 g/mol. The highest BCUT2D eigenvalue weighted by atomic mass is 19.1. The highest BCUT2D eigenvalue weighted by Gasteiger charge is 2.44. The molecule has 0 saturated heterocycles. The lowest BCUT2D eigenvalue weighted by Crippen LogP contribution is -2.27. The van der Waals surface area contributed by atoms with Gasteiger partial charge in [0.05, 0.1) is 5.69 Å². The van der Waals surface area contributed by atoms with Gasteiger partial charge in [-0.25, -0.2) is 4.39 Å². The Morgan fingerprint density at radius 2 is 2.12 bits per heavy atom. The van der Waals surface area contributed by atoms with Crippen molar-refractivity contribution in [3.8, 4) is 0 Å². The minimum atomic E-state index is -1.23. The first-order valence-electron chi connectivity index (χ1n) is 5.27. The normalized spacial score (nSPS) is 22.0. The van der Waals surface area contributed by atoms with Gasteiger partial charge in [-0.3, -0.25) is 4.79 Å². The topological polar surface area (TPSA) is 69.2 Å². The molecule has 17 heavy (non-hydrogen) atoms. The number of carbonyl (C=O) groups is 2. The van der Waals surface area contributed by atoms with Crippen molar-refractivity contribution in [3.63, 3.8) is 0 Å². The maximum Gasteiger partial charge on any atom is 0.228 e. The van der Waals surface area contributed by atoms with Crippen LogP contribution in [-0.2, 0) is 9.59 Å². The number of anilines is 1. The first kappa shape index (κ1) is 11.6. The molecule has 2 rings (SSSR count). The number of carboxylic acids is 1. The lowest BCUT2D eigenvalue weighted by Gasteiger charge is -2.07. The van der Waals surface area contributed by atoms with Crippen molar-refractivity contribution in [1.82, 2.24) is 0 Å². The summed E-state index contributed by atoms with van der Waals surface area (Å²) in [5, 5.41) is 12.9. The third-order valence-corrected chi connectivity index (χ3v) is 2.81. The van der Waals surface area contributed by atoms with E-state index in [1.165, 1.54) is 12.1 Å². The summed E-state index contributed by atoms with van der Waals surface area (Å²) in [6.45, 7) is 1.77. The second-order valence-corrected chi connectivity index (χ2v) is 4.24. The minimum Gasteiger partial charge on any atom is -0.550 e. The molecule has 0 aliphatic heterocycles. The van der Waals surface area contributed by atoms with Gasteiger partial charge in [-0.1, -0.05) is 6.07 Å². The van der Waals surface area contributed by atoms with E-state index in [0.29, 0.717) is 0 Å². The maximum atomic E-state index is 13.3. The van der Waals surface area contributed by atoms with Gasteiger partial charge in [-0.05, 0) is 31.0 Å². The number of carboxylic acid groups (broad SMARTS) is 1. The zero-order valence-corrected chi connectivity index (χ0v) is 9.20. The molecule has 0 aromatic heterocycles. The van der Waals surface area contributed by atoms with E-state index >= 15 is 0 Å². The zero-order valence-electron chi connectivity index (χ0n) is 9.20. The molecule has 1 aromatic rings. The summed E-state index contributed by atoms with van der Waals surface area (Å²) in [6, 6.07) is 4.35. The molecule has 2 atom stereocenters. The van der Waals surface area contributed by atoms with Crippen molar-refractivity contribution in [2.24, 2.45) is 11.8 Å². The lowest BCUT2D eigenvalue weighted by molar-refractivity contribution is -0.308. The number of hydrogen-bond donors (Lipinski definition) is 1. The van der Waals surface area contributed by atoms with Crippen molar-refractivity contribution < 1.29 is 19.1 Å². The van der Waals surface area contributed by atoms with E-state index in [1.54, 1.807) is 13.0 Å². The number of rotatable bonds is 3. The van der Waals surface area contributed by atoms with Gasteiger partial charge >= 0.3 is 0 Å². The SMILES string of the molecule is Cc1ccc(F)c(NC(=O)[C@@H]2C[C@H]2C(=O)[O-])c1. The predicted octanol–water partition coefficient (Wildman–Crippen LogP) is 0.459. The van der Waals surface area contributed by atoms with Crippen LogP contribution in [0.2, 0.25) is 0 Å². The smallest absolute Gasteiger partial charge is 0.228 e. The van der Waals surface area contributed by atoms with Crippen LogP contribution in [0.5, 0.6) is 0 Å². The summed E-state index contributed by atoms with van der Waals surface area (Å²) in [5.74, 6) is -3.56. The van der Waals surface area contributed by atoms with E-state index in [2.05, 4.69) is 5.32 Å². The molecular formula is C12H11FNO3-. The average molecular weight is 236 g/mol. The number of hydrogen-bond acceptors (Lipinski definition) is 3. The Labute approximate surface area is 97.4 Å². The Morgan fingerprint density at radius 3 is 2.71 bits per heavy atom. The maximum absolute atomic E-state index is 13.3. The Bertz CT molecular complexity index is 487. The van der Waals surface area contributed by atoms with Crippen molar-refractivity contribution in [2.45, 2.75) is 13.3 Å². The second-order valence-electron chi connectivity index (χ2n) is 4.24. The Hall–Kier alpha value is -1.91. The van der Waals surface area contributed by atoms with Crippen LogP contribution in [0.1, 0.15) is 12.0 Å². The highest BCUT2D eigenvalue weighted by Crippen LogP contribution is 2.38. The molecule has 1 amide bonds. The molecule has 0 unspecified atom stereocenters. The third kappa shape index (κ3) is 2.43. The van der Waals surface area contributed by atoms with Crippen LogP contribution in [0, 0.1) is 24.6 Å². The molecule has 1 aliphatic rings. The number of carbonyl (C=O) groups excluding carboxylic acids is 2. The molecule has 0 heterocycles. The molecule has 1 aromatic carbocycles. The standard InChI is InChI=1S/C12H12FNO3/c1-6-2-3-9(13)10(4-6)14-11(15)7-5-8(7)12(16)17/h2-4,7-8H,5H2,1H3,(H,14,15)(H,16,17)/p-1/t7-,8-/m1/s1. The van der Waals surface area contributed by atoms with E-state index in [9.17, 15) is 19.1 Å². The first-order valence-corrected chi connectivity index (χ1v) is 5.27. The van der Waals surface area contributed by atoms with E-state index in [-0.39, 0.29) is 12.1 Å². The average Bonchev–Trinajstić information content (AvgIpc) is 3.03. The Balaban J connectivity index is 2.04. The fourth-order valence-electron chi connectivity index (χ4n) is 1.71. The number of aliphatic carboxylic acids is 1. The van der Waals surface area contributed by atoms with Gasteiger partial charge in [-0.15, -0.1) is 0 Å². The van der Waals surface area contributed by atoms with Gasteiger partial charge in [0.25, 0.3) is 0 Å². The third-order valence-electron chi connectivity index (χ3n) is 2.81. The van der Waals surface area contributed by atoms with Crippen LogP contribution < -0.4 is 10.4 Å². The van der Waals surface area contributed by atoms with Crippen LogP contribution in [0.15, 0.2) is 18.2 Å². The molecule has 0 bridgehead atoms. The summed E-state index contributed by atoms with van der Waals surface area (Å²) < 4.78 is 13.3. The van der Waals surface area contributed by atoms with Crippen LogP contribution >= 0.6 is 0 Å². The number of halogens is 1. The van der Waals surface area contributed by atoms with Gasteiger partial charge in [0.1, 0.15) is 5.82 Å². The number of nitrogens with one attached hydrogen (secondary N) is 1. The van der Waals surface area contributed by atoms with Gasteiger partial charge < -0.3 is 15.2 Å². The van der Waals surface area contributed by atoms with Gasteiger partial charge in [0, 0.05) is 17.8 Å². The van der Waals surface area contributed by atoms with E-state index in [1.807, 2.05) is 0 Å². The van der Waals surface area contributed by atoms with Gasteiger partial charge in [0.15, 0.2) is 0 Å². The molecule has 1 aliphatic carbocycles. The van der Waals surface area contributed by atoms with Crippen molar-refractivity contribution in [2.75, 3.05) is 5.32 Å². The molecule has 0 spiro atoms. The fourth-order valence-corrected chi connectivity index (χ4v) is 1.71. The van der Waals surface area contributed by atoms with E-state index < -0.39 is 29.5 Å². The molecule has 5 heteroatoms. The fraction of sp³-hybridized carbons (Fsp3) is 0.333. The molecule has 1 fully saturated rings. The summed E-state index contributed by atoms with van der Waals surface area (Å²) >= 11 is 0. The monoisotopic (exact) mass is 236 g/mol. The summed E-state index contributed by atoms with van der Waals surface area (Å²) in [6.07, 6.45) is 0.265. The number of aryl methyl sites for hydroxylation is 1. The van der Waals surface area contributed by atoms with Gasteiger partial charge in [0.2, 0.25) is 5.91 Å². The number of amides is 1. The van der Waals surface area contributed by atoms with E-state index in [4.69, 9.17) is 0 Å². The Morgan fingerprint density at radius 1 is 1.41 bits per heavy atom.